The third kappa shape index (κ3) is 3.08. The van der Waals surface area contributed by atoms with E-state index in [1.807, 2.05) is 20.8 Å². The first-order valence-corrected chi connectivity index (χ1v) is 4.49. The Kier molecular flexibility index (Phi) is 2.78. The molecule has 1 heterocycles. The van der Waals surface area contributed by atoms with Gasteiger partial charge in [0.1, 0.15) is 5.82 Å². The predicted octanol–water partition coefficient (Wildman–Crippen LogP) is 1.78. The summed E-state index contributed by atoms with van der Waals surface area (Å²) in [6.45, 7) is 5.67. The molecular weight excluding hydrogens is 196 g/mol. The highest BCUT2D eigenvalue weighted by molar-refractivity contribution is 5.60. The highest BCUT2D eigenvalue weighted by Crippen LogP contribution is 2.25. The minimum absolute atomic E-state index is 0.0703. The number of nitrogens with zero attached hydrogens (tertiary/aromatic N) is 2. The summed E-state index contributed by atoms with van der Waals surface area (Å²) in [5.74, 6) is 0.458. The topological polar surface area (TPSA) is 94.1 Å². The lowest BCUT2D eigenvalue weighted by Crippen LogP contribution is -2.27. The molecule has 0 aliphatic rings. The Morgan fingerprint density at radius 3 is 2.53 bits per heavy atom. The minimum Gasteiger partial charge on any atom is -0.384 e. The van der Waals surface area contributed by atoms with E-state index in [2.05, 4.69) is 10.3 Å². The Hall–Kier alpha value is -1.85. The molecule has 0 spiro atoms. The van der Waals surface area contributed by atoms with Crippen LogP contribution in [-0.2, 0) is 0 Å². The van der Waals surface area contributed by atoms with Gasteiger partial charge in [-0.05, 0) is 26.8 Å². The lowest BCUT2D eigenvalue weighted by Gasteiger charge is -2.20. The van der Waals surface area contributed by atoms with Crippen LogP contribution in [0.4, 0.5) is 17.3 Å². The number of nitrogens with one attached hydrogen (secondary N) is 1. The Labute approximate surface area is 87.7 Å². The second kappa shape index (κ2) is 3.72. The standard InChI is InChI=1S/C9H14N4O2/c1-9(2,3)12-8-6(13(14)15)4-5-7(10)11-8/h4-5H,1-3H3,(H3,10,11,12). The van der Waals surface area contributed by atoms with Gasteiger partial charge in [-0.1, -0.05) is 0 Å². The molecule has 1 aromatic heterocycles. The van der Waals surface area contributed by atoms with E-state index < -0.39 is 4.92 Å². The van der Waals surface area contributed by atoms with E-state index >= 15 is 0 Å². The van der Waals surface area contributed by atoms with Gasteiger partial charge in [-0.15, -0.1) is 0 Å². The van der Waals surface area contributed by atoms with E-state index in [4.69, 9.17) is 5.73 Å². The van der Waals surface area contributed by atoms with E-state index in [-0.39, 0.29) is 22.9 Å². The van der Waals surface area contributed by atoms with Crippen molar-refractivity contribution in [3.05, 3.63) is 22.2 Å². The van der Waals surface area contributed by atoms with Crippen LogP contribution in [0.1, 0.15) is 20.8 Å². The first-order chi connectivity index (χ1) is 6.79. The lowest BCUT2D eigenvalue weighted by atomic mass is 10.1. The Balaban J connectivity index is 3.13. The van der Waals surface area contributed by atoms with Crippen LogP contribution in [0.15, 0.2) is 12.1 Å². The summed E-state index contributed by atoms with van der Waals surface area (Å²) in [6.07, 6.45) is 0. The monoisotopic (exact) mass is 210 g/mol. The maximum atomic E-state index is 10.7. The van der Waals surface area contributed by atoms with E-state index in [1.54, 1.807) is 0 Å². The molecule has 0 saturated heterocycles. The summed E-state index contributed by atoms with van der Waals surface area (Å²) < 4.78 is 0. The highest BCUT2D eigenvalue weighted by atomic mass is 16.6. The summed E-state index contributed by atoms with van der Waals surface area (Å²) in [7, 11) is 0. The molecule has 15 heavy (non-hydrogen) atoms. The first-order valence-electron chi connectivity index (χ1n) is 4.49. The number of nitro groups is 1. The van der Waals surface area contributed by atoms with Gasteiger partial charge in [0, 0.05) is 11.6 Å². The van der Waals surface area contributed by atoms with Gasteiger partial charge in [0.05, 0.1) is 4.92 Å². The number of hydrogen-bond acceptors (Lipinski definition) is 5. The fourth-order valence-electron chi connectivity index (χ4n) is 1.06. The average Bonchev–Trinajstić information content (AvgIpc) is 1.99. The zero-order chi connectivity index (χ0) is 11.6. The molecular formula is C9H14N4O2. The molecule has 0 fully saturated rings. The molecule has 0 aliphatic carbocycles. The quantitative estimate of drug-likeness (QED) is 0.573. The SMILES string of the molecule is CC(C)(C)Nc1nc(N)ccc1[N+](=O)[O-]. The Morgan fingerprint density at radius 1 is 1.47 bits per heavy atom. The van der Waals surface area contributed by atoms with Gasteiger partial charge >= 0.3 is 5.69 Å². The van der Waals surface area contributed by atoms with Crippen molar-refractivity contribution in [2.45, 2.75) is 26.3 Å². The molecule has 0 amide bonds. The third-order valence-electron chi connectivity index (χ3n) is 1.59. The smallest absolute Gasteiger partial charge is 0.311 e. The average molecular weight is 210 g/mol. The third-order valence-corrected chi connectivity index (χ3v) is 1.59. The summed E-state index contributed by atoms with van der Waals surface area (Å²) in [5, 5.41) is 13.6. The molecule has 0 unspecified atom stereocenters. The number of aromatic nitrogens is 1. The molecule has 82 valence electrons. The minimum atomic E-state index is -0.486. The molecule has 6 nitrogen and oxygen atoms in total. The second-order valence-electron chi connectivity index (χ2n) is 4.24. The predicted molar refractivity (Wildman–Crippen MR) is 58.7 cm³/mol. The van der Waals surface area contributed by atoms with Gasteiger partial charge in [-0.25, -0.2) is 4.98 Å². The van der Waals surface area contributed by atoms with Crippen molar-refractivity contribution in [3.63, 3.8) is 0 Å². The molecule has 3 N–H and O–H groups in total. The van der Waals surface area contributed by atoms with Gasteiger partial charge in [0.15, 0.2) is 0 Å². The van der Waals surface area contributed by atoms with Crippen LogP contribution in [0, 0.1) is 10.1 Å². The van der Waals surface area contributed by atoms with E-state index in [0.29, 0.717) is 0 Å². The summed E-state index contributed by atoms with van der Waals surface area (Å²) in [6, 6.07) is 2.75. The van der Waals surface area contributed by atoms with Gasteiger partial charge in [0.25, 0.3) is 0 Å². The molecule has 6 heteroatoms. The maximum Gasteiger partial charge on any atom is 0.311 e. The van der Waals surface area contributed by atoms with Crippen LogP contribution in [0.2, 0.25) is 0 Å². The number of anilines is 2. The van der Waals surface area contributed by atoms with Crippen LogP contribution < -0.4 is 11.1 Å². The zero-order valence-corrected chi connectivity index (χ0v) is 8.94. The Morgan fingerprint density at radius 2 is 2.07 bits per heavy atom. The molecule has 0 bridgehead atoms. The van der Waals surface area contributed by atoms with Gasteiger partial charge in [0.2, 0.25) is 5.82 Å². The molecule has 0 saturated carbocycles. The number of rotatable bonds is 2. The largest absolute Gasteiger partial charge is 0.384 e. The van der Waals surface area contributed by atoms with Crippen molar-refractivity contribution in [2.24, 2.45) is 0 Å². The fourth-order valence-corrected chi connectivity index (χ4v) is 1.06. The van der Waals surface area contributed by atoms with Crippen molar-refractivity contribution in [1.29, 1.82) is 0 Å². The highest BCUT2D eigenvalue weighted by Gasteiger charge is 2.20. The zero-order valence-electron chi connectivity index (χ0n) is 8.94. The molecule has 0 aliphatic heterocycles. The van der Waals surface area contributed by atoms with E-state index in [1.165, 1.54) is 12.1 Å². The maximum absolute atomic E-state index is 10.7. The number of pyridine rings is 1. The van der Waals surface area contributed by atoms with E-state index in [9.17, 15) is 10.1 Å². The molecule has 0 aromatic carbocycles. The van der Waals surface area contributed by atoms with Crippen LogP contribution in [0.3, 0.4) is 0 Å². The van der Waals surface area contributed by atoms with Crippen LogP contribution in [0.25, 0.3) is 0 Å². The van der Waals surface area contributed by atoms with Crippen molar-refractivity contribution < 1.29 is 4.92 Å². The lowest BCUT2D eigenvalue weighted by molar-refractivity contribution is -0.384. The molecule has 0 radical (unpaired) electrons. The summed E-state index contributed by atoms with van der Waals surface area (Å²) >= 11 is 0. The number of nitrogen functional groups attached to an aromatic ring is 1. The van der Waals surface area contributed by atoms with Crippen molar-refractivity contribution in [2.75, 3.05) is 11.1 Å². The summed E-state index contributed by atoms with van der Waals surface area (Å²) in [5.41, 5.74) is 5.10. The van der Waals surface area contributed by atoms with Crippen molar-refractivity contribution >= 4 is 17.3 Å². The molecule has 1 rings (SSSR count). The first kappa shape index (κ1) is 11.2. The Bertz CT molecular complexity index is 384. The van der Waals surface area contributed by atoms with Gasteiger partial charge in [-0.3, -0.25) is 10.1 Å². The molecule has 1 aromatic rings. The normalized spacial score (nSPS) is 11.1. The second-order valence-corrected chi connectivity index (χ2v) is 4.24. The van der Waals surface area contributed by atoms with Crippen LogP contribution >= 0.6 is 0 Å². The molecule has 0 atom stereocenters. The number of hydrogen-bond donors (Lipinski definition) is 2. The van der Waals surface area contributed by atoms with Gasteiger partial charge < -0.3 is 11.1 Å². The van der Waals surface area contributed by atoms with Gasteiger partial charge in [-0.2, -0.15) is 0 Å². The van der Waals surface area contributed by atoms with Crippen molar-refractivity contribution in [1.82, 2.24) is 4.98 Å². The van der Waals surface area contributed by atoms with Crippen LogP contribution in [0.5, 0.6) is 0 Å². The van der Waals surface area contributed by atoms with Crippen molar-refractivity contribution in [3.8, 4) is 0 Å². The fraction of sp³-hybridized carbons (Fsp3) is 0.444. The van der Waals surface area contributed by atoms with E-state index in [0.717, 1.165) is 0 Å². The van der Waals surface area contributed by atoms with Crippen LogP contribution in [-0.4, -0.2) is 15.4 Å². The number of nitrogens with two attached hydrogens (primary N) is 1. The summed E-state index contributed by atoms with van der Waals surface area (Å²) in [4.78, 5) is 14.1.